The lowest BCUT2D eigenvalue weighted by molar-refractivity contribution is -0.252. The maximum atomic E-state index is 13.2. The van der Waals surface area contributed by atoms with Crippen LogP contribution in [0.15, 0.2) is 0 Å². The van der Waals surface area contributed by atoms with Crippen LogP contribution in [0.5, 0.6) is 0 Å². The summed E-state index contributed by atoms with van der Waals surface area (Å²) >= 11 is 0. The van der Waals surface area contributed by atoms with E-state index in [4.69, 9.17) is 14.6 Å². The van der Waals surface area contributed by atoms with Crippen LogP contribution in [-0.4, -0.2) is 54.0 Å². The monoisotopic (exact) mass is 570 g/mol. The quantitative estimate of drug-likeness (QED) is 0.0635. The van der Waals surface area contributed by atoms with Crippen LogP contribution < -0.4 is 0 Å². The zero-order chi connectivity index (χ0) is 28.0. The van der Waals surface area contributed by atoms with Crippen molar-refractivity contribution in [1.82, 2.24) is 0 Å². The fourth-order valence-electron chi connectivity index (χ4n) is 4.33. The number of rotatable bonds is 27. The molecule has 0 aromatic rings. The third kappa shape index (κ3) is 17.7. The lowest BCUT2D eigenvalue weighted by Gasteiger charge is -2.25. The molecule has 0 heterocycles. The number of unbranched alkanes of at least 4 members (excludes halogenated alkanes) is 13. The molecule has 0 amide bonds. The number of carbonyl (C=O) groups is 1. The zero-order valence-corrected chi connectivity index (χ0v) is 25.6. The molecule has 0 saturated heterocycles. The number of carboxylic acids is 1. The van der Waals surface area contributed by atoms with Gasteiger partial charge in [-0.05, 0) is 25.7 Å². The van der Waals surface area contributed by atoms with Gasteiger partial charge in [0.1, 0.15) is 8.46 Å². The van der Waals surface area contributed by atoms with Gasteiger partial charge < -0.3 is 24.3 Å². The summed E-state index contributed by atoms with van der Waals surface area (Å²) in [5.74, 6) is -1.56. The summed E-state index contributed by atoms with van der Waals surface area (Å²) in [4.78, 5) is 11.2. The second kappa shape index (κ2) is 22.4. The number of carboxylic acid groups (broad SMARTS) is 1. The summed E-state index contributed by atoms with van der Waals surface area (Å²) in [6.45, 7) is 6.11. The molecule has 0 bridgehead atoms. The molecular weight excluding hydrogens is 515 g/mol. The van der Waals surface area contributed by atoms with E-state index >= 15 is 0 Å². The highest BCUT2D eigenvalue weighted by molar-refractivity contribution is 7.92. The summed E-state index contributed by atoms with van der Waals surface area (Å²) in [5.41, 5.74) is -2.78. The van der Waals surface area contributed by atoms with E-state index in [2.05, 4.69) is 13.8 Å². The van der Waals surface area contributed by atoms with E-state index in [1.165, 1.54) is 51.4 Å². The van der Waals surface area contributed by atoms with Crippen molar-refractivity contribution in [2.75, 3.05) is 12.4 Å². The van der Waals surface area contributed by atoms with Gasteiger partial charge in [0.25, 0.3) is 0 Å². The van der Waals surface area contributed by atoms with Gasteiger partial charge in [-0.3, -0.25) is 0 Å². The summed E-state index contributed by atoms with van der Waals surface area (Å²) in [6, 6.07) is 0. The van der Waals surface area contributed by atoms with Crippen LogP contribution in [0.2, 0.25) is 0 Å². The van der Waals surface area contributed by atoms with Crippen molar-refractivity contribution < 1.29 is 37.5 Å². The van der Waals surface area contributed by atoms with Crippen molar-refractivity contribution in [1.29, 1.82) is 0 Å². The molecule has 4 atom stereocenters. The minimum Gasteiger partial charge on any atom is -0.477 e. The molecule has 0 radical (unpaired) electrons. The molecule has 37 heavy (non-hydrogen) atoms. The van der Waals surface area contributed by atoms with Crippen molar-refractivity contribution in [2.24, 2.45) is 0 Å². The van der Waals surface area contributed by atoms with Crippen LogP contribution >= 0.6 is 8.46 Å². The van der Waals surface area contributed by atoms with Gasteiger partial charge in [-0.2, -0.15) is 0 Å². The summed E-state index contributed by atoms with van der Waals surface area (Å²) in [6.07, 6.45) is 16.6. The lowest BCUT2D eigenvalue weighted by atomic mass is 10.1. The van der Waals surface area contributed by atoms with Gasteiger partial charge in [0.2, 0.25) is 0 Å². The molecule has 0 aliphatic heterocycles. The molecule has 0 aliphatic carbocycles. The Morgan fingerprint density at radius 3 is 1.76 bits per heavy atom. The molecule has 0 saturated carbocycles. The van der Waals surface area contributed by atoms with Crippen molar-refractivity contribution in [3.63, 3.8) is 0 Å². The topological polar surface area (TPSA) is 127 Å². The first-order chi connectivity index (χ1) is 17.7. The predicted molar refractivity (Wildman–Crippen MR) is 152 cm³/mol. The minimum atomic E-state index is -3.29. The maximum Gasteiger partial charge on any atom is 0.371 e. The Kier molecular flexibility index (Phi) is 22.1. The van der Waals surface area contributed by atoms with Crippen molar-refractivity contribution in [2.45, 2.75) is 153 Å². The fourth-order valence-corrected chi connectivity index (χ4v) is 6.56. The molecule has 0 aromatic heterocycles. The van der Waals surface area contributed by atoms with Crippen LogP contribution in [0.3, 0.4) is 0 Å². The molecule has 2 N–H and O–H groups in total. The zero-order valence-electron chi connectivity index (χ0n) is 23.6. The molecule has 0 aromatic carbocycles. The largest absolute Gasteiger partial charge is 0.477 e. The van der Waals surface area contributed by atoms with Gasteiger partial charge in [0, 0.05) is 0 Å². The number of hydrogen-bond donors (Lipinski definition) is 2. The fraction of sp³-hybridized carbons (Fsp3) is 0.963. The Labute approximate surface area is 227 Å². The van der Waals surface area contributed by atoms with Gasteiger partial charge in [-0.15, -0.1) is 0 Å². The molecular formula is C27H55O8PS. The van der Waals surface area contributed by atoms with Crippen molar-refractivity contribution in [3.05, 3.63) is 0 Å². The van der Waals surface area contributed by atoms with E-state index in [1.807, 2.05) is 0 Å². The van der Waals surface area contributed by atoms with Gasteiger partial charge >= 0.3 is 11.5 Å². The first-order valence-electron chi connectivity index (χ1n) is 14.6. The van der Waals surface area contributed by atoms with Crippen LogP contribution in [0.1, 0.15) is 136 Å². The van der Waals surface area contributed by atoms with Crippen molar-refractivity contribution in [3.8, 4) is 0 Å². The van der Waals surface area contributed by atoms with Crippen LogP contribution in [0, 0.1) is 0 Å². The van der Waals surface area contributed by atoms with E-state index in [1.54, 1.807) is 6.92 Å². The van der Waals surface area contributed by atoms with E-state index < -0.39 is 41.3 Å². The Bertz CT molecular complexity index is 688. The maximum absolute atomic E-state index is 13.2. The number of hydrogen-bond acceptors (Lipinski definition) is 7. The Morgan fingerprint density at radius 2 is 1.30 bits per heavy atom. The van der Waals surface area contributed by atoms with Gasteiger partial charge in [-0.1, -0.05) is 111 Å². The van der Waals surface area contributed by atoms with Crippen molar-refractivity contribution >= 4 is 24.3 Å². The van der Waals surface area contributed by atoms with E-state index in [0.29, 0.717) is 12.8 Å². The van der Waals surface area contributed by atoms with E-state index in [0.717, 1.165) is 38.5 Å². The van der Waals surface area contributed by atoms with Crippen LogP contribution in [0.25, 0.3) is 0 Å². The number of sulfone groups is 1. The molecule has 0 spiro atoms. The van der Waals surface area contributed by atoms with Crippen LogP contribution in [-0.2, 0) is 28.7 Å². The number of aliphatic carboxylic acids is 1. The third-order valence-electron chi connectivity index (χ3n) is 6.77. The first kappa shape index (κ1) is 36.5. The Hall–Kier alpha value is -0.470. The van der Waals surface area contributed by atoms with Crippen LogP contribution in [0.4, 0.5) is 0 Å². The standard InChI is InChI=1S/C27H55O8PS/c1-4-7-9-11-13-14-15-17-19-23-37(32,33)24(20-18-16-12-10-8-5-2)21-22-34-25(6-3)35-27(30,36-31)26(28)29/h24-25,30H,4-23,36H2,1-3H3,(H,28,29). The lowest BCUT2D eigenvalue weighted by Crippen LogP contribution is -2.40. The predicted octanol–water partition coefficient (Wildman–Crippen LogP) is 6.70. The van der Waals surface area contributed by atoms with Gasteiger partial charge in [0.15, 0.2) is 16.1 Å². The normalized spacial score (nSPS) is 15.7. The number of ether oxygens (including phenoxy) is 2. The average Bonchev–Trinajstić information content (AvgIpc) is 2.87. The van der Waals surface area contributed by atoms with E-state index in [9.17, 15) is 22.9 Å². The highest BCUT2D eigenvalue weighted by atomic mass is 32.2. The van der Waals surface area contributed by atoms with Gasteiger partial charge in [-0.25, -0.2) is 13.2 Å². The minimum absolute atomic E-state index is 0.0554. The summed E-state index contributed by atoms with van der Waals surface area (Å²) in [7, 11) is -5.44. The second-order valence-corrected chi connectivity index (χ2v) is 13.5. The van der Waals surface area contributed by atoms with E-state index in [-0.39, 0.29) is 25.2 Å². The highest BCUT2D eigenvalue weighted by Gasteiger charge is 2.39. The molecule has 222 valence electrons. The highest BCUT2D eigenvalue weighted by Crippen LogP contribution is 2.26. The third-order valence-corrected chi connectivity index (χ3v) is 9.82. The first-order valence-corrected chi connectivity index (χ1v) is 17.4. The molecule has 8 nitrogen and oxygen atoms in total. The Morgan fingerprint density at radius 1 is 0.811 bits per heavy atom. The smallest absolute Gasteiger partial charge is 0.371 e. The molecule has 4 unspecified atom stereocenters. The van der Waals surface area contributed by atoms with Gasteiger partial charge in [0.05, 0.1) is 17.6 Å². The Balaban J connectivity index is 4.77. The molecule has 0 rings (SSSR count). The SMILES string of the molecule is CCCCCCCCCCCS(=O)(=O)C(CCCCCCCC)CCOC(CC)OC(O)([PH2]=O)C(=O)O. The molecule has 0 fully saturated rings. The molecule has 10 heteroatoms. The number of aliphatic hydroxyl groups is 1. The summed E-state index contributed by atoms with van der Waals surface area (Å²) < 4.78 is 48.2. The second-order valence-electron chi connectivity index (χ2n) is 10.1. The average molecular weight is 571 g/mol. The molecule has 0 aliphatic rings. The summed E-state index contributed by atoms with van der Waals surface area (Å²) in [5, 5.41) is 18.4.